The monoisotopic (exact) mass is 492 g/mol. The Kier molecular flexibility index (Phi) is 8.12. The summed E-state index contributed by atoms with van der Waals surface area (Å²) < 4.78 is 27.0. The number of carbonyl (C=O) groups is 2. The number of halogens is 1. The van der Waals surface area contributed by atoms with Crippen LogP contribution in [0.15, 0.2) is 53.4 Å². The Hall–Kier alpha value is -2.46. The zero-order chi connectivity index (χ0) is 24.2. The highest BCUT2D eigenvalue weighted by Crippen LogP contribution is 2.17. The first-order valence-corrected chi connectivity index (χ1v) is 12.6. The molecule has 0 bridgehead atoms. The lowest BCUT2D eigenvalue weighted by Gasteiger charge is -2.37. The van der Waals surface area contributed by atoms with Crippen molar-refractivity contribution < 1.29 is 18.0 Å². The van der Waals surface area contributed by atoms with Crippen LogP contribution in [0, 0.1) is 0 Å². The lowest BCUT2D eigenvalue weighted by atomic mass is 10.1. The molecule has 1 saturated heterocycles. The van der Waals surface area contributed by atoms with E-state index < -0.39 is 16.1 Å². The van der Waals surface area contributed by atoms with Crippen LogP contribution in [0.4, 0.5) is 5.69 Å². The first-order valence-electron chi connectivity index (χ1n) is 10.8. The van der Waals surface area contributed by atoms with E-state index in [0.29, 0.717) is 42.5 Å². The third-order valence-corrected chi connectivity index (χ3v) is 7.33. The average molecular weight is 493 g/mol. The smallest absolute Gasteiger partial charge is 0.253 e. The highest BCUT2D eigenvalue weighted by Gasteiger charge is 2.28. The molecule has 1 aliphatic heterocycles. The van der Waals surface area contributed by atoms with Crippen LogP contribution in [0.2, 0.25) is 5.02 Å². The lowest BCUT2D eigenvalue weighted by molar-refractivity contribution is -0.121. The molecule has 0 aromatic heterocycles. The van der Waals surface area contributed by atoms with Crippen molar-refractivity contribution in [2.45, 2.75) is 37.8 Å². The van der Waals surface area contributed by atoms with Crippen molar-refractivity contribution in [2.75, 3.05) is 31.5 Å². The predicted molar refractivity (Wildman–Crippen MR) is 129 cm³/mol. The van der Waals surface area contributed by atoms with Gasteiger partial charge in [0.15, 0.2) is 0 Å². The van der Waals surface area contributed by atoms with Crippen molar-refractivity contribution >= 4 is 39.1 Å². The summed E-state index contributed by atoms with van der Waals surface area (Å²) in [5, 5.41) is 3.35. The van der Waals surface area contributed by atoms with Crippen molar-refractivity contribution in [1.29, 1.82) is 0 Å². The summed E-state index contributed by atoms with van der Waals surface area (Å²) in [6, 6.07) is 12.3. The van der Waals surface area contributed by atoms with Crippen molar-refractivity contribution in [3.05, 3.63) is 59.1 Å². The van der Waals surface area contributed by atoms with Crippen LogP contribution in [-0.4, -0.2) is 68.3 Å². The Balaban J connectivity index is 1.54. The minimum Gasteiger partial charge on any atom is -0.336 e. The molecular weight excluding hydrogens is 464 g/mol. The molecule has 0 spiro atoms. The molecule has 33 heavy (non-hydrogen) atoms. The summed E-state index contributed by atoms with van der Waals surface area (Å²) in [6.45, 7) is 7.48. The molecule has 3 rings (SSSR count). The van der Waals surface area contributed by atoms with Crippen LogP contribution in [0.5, 0.6) is 0 Å². The van der Waals surface area contributed by atoms with Crippen LogP contribution < -0.4 is 10.0 Å². The SMILES string of the molecule is CC(C)NS(=O)(=O)c1ccc(NC(=O)C(C)N2CCN(C(=O)c3cccc(Cl)c3)CC2)cc1. The molecule has 1 fully saturated rings. The highest BCUT2D eigenvalue weighted by molar-refractivity contribution is 7.89. The van der Waals surface area contributed by atoms with Gasteiger partial charge in [-0.1, -0.05) is 17.7 Å². The molecular formula is C23H29ClN4O4S. The van der Waals surface area contributed by atoms with E-state index in [4.69, 9.17) is 11.6 Å². The second-order valence-electron chi connectivity index (χ2n) is 8.30. The number of anilines is 1. The minimum absolute atomic E-state index is 0.0729. The van der Waals surface area contributed by atoms with E-state index in [1.54, 1.807) is 55.1 Å². The van der Waals surface area contributed by atoms with E-state index in [9.17, 15) is 18.0 Å². The molecule has 2 aromatic carbocycles. The summed E-state index contributed by atoms with van der Waals surface area (Å²) in [5.41, 5.74) is 1.07. The topological polar surface area (TPSA) is 98.8 Å². The molecule has 1 unspecified atom stereocenters. The number of sulfonamides is 1. The molecule has 0 radical (unpaired) electrons. The van der Waals surface area contributed by atoms with Gasteiger partial charge in [0.1, 0.15) is 0 Å². The molecule has 1 aliphatic rings. The summed E-state index contributed by atoms with van der Waals surface area (Å²) in [5.74, 6) is -0.267. The summed E-state index contributed by atoms with van der Waals surface area (Å²) >= 11 is 5.99. The fraction of sp³-hybridized carbons (Fsp3) is 0.391. The van der Waals surface area contributed by atoms with E-state index in [-0.39, 0.29) is 22.8 Å². The molecule has 10 heteroatoms. The Bertz CT molecular complexity index is 1100. The van der Waals surface area contributed by atoms with Gasteiger partial charge in [-0.25, -0.2) is 13.1 Å². The largest absolute Gasteiger partial charge is 0.336 e. The van der Waals surface area contributed by atoms with Crippen molar-refractivity contribution in [2.24, 2.45) is 0 Å². The molecule has 1 heterocycles. The van der Waals surface area contributed by atoms with Gasteiger partial charge < -0.3 is 10.2 Å². The predicted octanol–water partition coefficient (Wildman–Crippen LogP) is 2.81. The van der Waals surface area contributed by atoms with E-state index in [2.05, 4.69) is 10.0 Å². The average Bonchev–Trinajstić information content (AvgIpc) is 2.77. The molecule has 0 saturated carbocycles. The van der Waals surface area contributed by atoms with Gasteiger partial charge in [-0.15, -0.1) is 0 Å². The molecule has 0 aliphatic carbocycles. The van der Waals surface area contributed by atoms with Gasteiger partial charge in [0.2, 0.25) is 15.9 Å². The van der Waals surface area contributed by atoms with Crippen LogP contribution in [0.1, 0.15) is 31.1 Å². The molecule has 2 amide bonds. The number of hydrogen-bond acceptors (Lipinski definition) is 5. The van der Waals surface area contributed by atoms with Crippen molar-refractivity contribution in [3.63, 3.8) is 0 Å². The Morgan fingerprint density at radius 3 is 2.18 bits per heavy atom. The highest BCUT2D eigenvalue weighted by atomic mass is 35.5. The minimum atomic E-state index is -3.58. The first-order chi connectivity index (χ1) is 15.6. The quantitative estimate of drug-likeness (QED) is 0.619. The normalized spacial score (nSPS) is 16.0. The van der Waals surface area contributed by atoms with E-state index in [1.165, 1.54) is 12.1 Å². The third-order valence-electron chi connectivity index (χ3n) is 5.42. The number of hydrogen-bond donors (Lipinski definition) is 2. The first kappa shape index (κ1) is 25.2. The molecule has 178 valence electrons. The zero-order valence-electron chi connectivity index (χ0n) is 18.9. The molecule has 2 N–H and O–H groups in total. The van der Waals surface area contributed by atoms with Crippen LogP contribution in [0.25, 0.3) is 0 Å². The van der Waals surface area contributed by atoms with E-state index >= 15 is 0 Å². The van der Waals surface area contributed by atoms with Gasteiger partial charge in [0.25, 0.3) is 5.91 Å². The van der Waals surface area contributed by atoms with Gasteiger partial charge in [-0.2, -0.15) is 0 Å². The van der Waals surface area contributed by atoms with Gasteiger partial charge in [-0.3, -0.25) is 14.5 Å². The molecule has 2 aromatic rings. The van der Waals surface area contributed by atoms with Crippen molar-refractivity contribution in [1.82, 2.24) is 14.5 Å². The zero-order valence-corrected chi connectivity index (χ0v) is 20.5. The Morgan fingerprint density at radius 1 is 0.970 bits per heavy atom. The molecule has 1 atom stereocenters. The summed E-state index contributed by atoms with van der Waals surface area (Å²) in [6.07, 6.45) is 0. The standard InChI is InChI=1S/C23H29ClN4O4S/c1-16(2)26-33(31,32)21-9-7-20(8-10-21)25-22(29)17(3)27-11-13-28(14-12-27)23(30)18-5-4-6-19(24)15-18/h4-10,15-17,26H,11-14H2,1-3H3,(H,25,29). The third kappa shape index (κ3) is 6.54. The summed E-state index contributed by atoms with van der Waals surface area (Å²) in [4.78, 5) is 29.3. The van der Waals surface area contributed by atoms with Crippen molar-refractivity contribution in [3.8, 4) is 0 Å². The number of nitrogens with zero attached hydrogens (tertiary/aromatic N) is 2. The number of nitrogens with one attached hydrogen (secondary N) is 2. The summed E-state index contributed by atoms with van der Waals surface area (Å²) in [7, 11) is -3.58. The number of amides is 2. The van der Waals surface area contributed by atoms with Gasteiger partial charge in [0.05, 0.1) is 10.9 Å². The van der Waals surface area contributed by atoms with Gasteiger partial charge in [-0.05, 0) is 63.2 Å². The maximum Gasteiger partial charge on any atom is 0.253 e. The van der Waals surface area contributed by atoms with E-state index in [0.717, 1.165) is 0 Å². The second kappa shape index (κ2) is 10.6. The maximum atomic E-state index is 12.7. The number of piperazine rings is 1. The number of carbonyl (C=O) groups excluding carboxylic acids is 2. The number of benzene rings is 2. The Morgan fingerprint density at radius 2 is 1.61 bits per heavy atom. The van der Waals surface area contributed by atoms with Crippen LogP contribution >= 0.6 is 11.6 Å². The van der Waals surface area contributed by atoms with Gasteiger partial charge in [0, 0.05) is 48.5 Å². The van der Waals surface area contributed by atoms with Crippen LogP contribution in [-0.2, 0) is 14.8 Å². The Labute approximate surface area is 200 Å². The second-order valence-corrected chi connectivity index (χ2v) is 10.5. The lowest BCUT2D eigenvalue weighted by Crippen LogP contribution is -2.54. The van der Waals surface area contributed by atoms with E-state index in [1.807, 2.05) is 11.8 Å². The molecule has 8 nitrogen and oxygen atoms in total. The van der Waals surface area contributed by atoms with Crippen LogP contribution in [0.3, 0.4) is 0 Å². The number of rotatable bonds is 7. The van der Waals surface area contributed by atoms with Gasteiger partial charge >= 0.3 is 0 Å². The maximum absolute atomic E-state index is 12.7. The fourth-order valence-electron chi connectivity index (χ4n) is 3.62. The fourth-order valence-corrected chi connectivity index (χ4v) is 5.07.